The predicted octanol–water partition coefficient (Wildman–Crippen LogP) is -1.26. The molecule has 5 N–H and O–H groups in total. The number of aliphatic hydroxyl groups is 4. The summed E-state index contributed by atoms with van der Waals surface area (Å²) in [6.07, 6.45) is -5.12. The molecule has 0 aliphatic carbocycles. The molecule has 12 heteroatoms. The van der Waals surface area contributed by atoms with Gasteiger partial charge in [-0.3, -0.25) is 4.55 Å². The van der Waals surface area contributed by atoms with Crippen molar-refractivity contribution in [3.05, 3.63) is 0 Å². The minimum atomic E-state index is -4.84. The zero-order valence-corrected chi connectivity index (χ0v) is 14.9. The summed E-state index contributed by atoms with van der Waals surface area (Å²) in [7, 11) is -4.84. The highest BCUT2D eigenvalue weighted by Crippen LogP contribution is 2.30. The van der Waals surface area contributed by atoms with Crippen LogP contribution in [0.3, 0.4) is 0 Å². The van der Waals surface area contributed by atoms with Gasteiger partial charge in [0.25, 0.3) is 5.23 Å². The third-order valence-corrected chi connectivity index (χ3v) is 4.98. The molecule has 6 unspecified atom stereocenters. The van der Waals surface area contributed by atoms with Gasteiger partial charge in [0.1, 0.15) is 29.9 Å². The third-order valence-electron chi connectivity index (χ3n) is 3.47. The van der Waals surface area contributed by atoms with Gasteiger partial charge in [-0.25, -0.2) is 4.99 Å². The number of thioether (sulfide) groups is 1. The Kier molecular flexibility index (Phi) is 8.35. The minimum absolute atomic E-state index is 0.111. The van der Waals surface area contributed by atoms with Gasteiger partial charge >= 0.3 is 10.4 Å². The molecule has 1 aliphatic heterocycles. The maximum absolute atomic E-state index is 10.9. The van der Waals surface area contributed by atoms with E-state index in [1.54, 1.807) is 0 Å². The van der Waals surface area contributed by atoms with Gasteiger partial charge in [-0.1, -0.05) is 20.3 Å². The van der Waals surface area contributed by atoms with Crippen LogP contribution >= 0.6 is 11.8 Å². The Hall–Kier alpha value is -0.470. The van der Waals surface area contributed by atoms with Crippen LogP contribution in [-0.2, 0) is 19.3 Å². The van der Waals surface area contributed by atoms with Gasteiger partial charge in [0.2, 0.25) is 0 Å². The topological polar surface area (TPSA) is 166 Å². The van der Waals surface area contributed by atoms with Crippen molar-refractivity contribution in [3.63, 3.8) is 0 Å². The molecule has 1 aliphatic rings. The second-order valence-electron chi connectivity index (χ2n) is 5.45. The summed E-state index contributed by atoms with van der Waals surface area (Å²) < 4.78 is 40.2. The molecule has 1 fully saturated rings. The molecular weight excluding hydrogens is 366 g/mol. The molecule has 0 saturated carbocycles. The highest BCUT2D eigenvalue weighted by Gasteiger charge is 2.44. The average molecular weight is 389 g/mol. The van der Waals surface area contributed by atoms with Crippen LogP contribution in [0.25, 0.3) is 0 Å². The van der Waals surface area contributed by atoms with Gasteiger partial charge < -0.3 is 29.3 Å². The highest BCUT2D eigenvalue weighted by molar-refractivity contribution is 8.14. The fourth-order valence-corrected chi connectivity index (χ4v) is 3.29. The second-order valence-corrected chi connectivity index (χ2v) is 7.52. The smallest absolute Gasteiger partial charge is 0.394 e. The monoisotopic (exact) mass is 389 g/mol. The van der Waals surface area contributed by atoms with E-state index in [4.69, 9.17) is 14.4 Å². The van der Waals surface area contributed by atoms with Gasteiger partial charge in [0.05, 0.1) is 6.61 Å². The van der Waals surface area contributed by atoms with Crippen LogP contribution in [0, 0.1) is 5.92 Å². The quantitative estimate of drug-likeness (QED) is 0.210. The number of aliphatic imine (C=N–C) groups is 1. The van der Waals surface area contributed by atoms with Crippen LogP contribution in [-0.4, -0.2) is 81.6 Å². The summed E-state index contributed by atoms with van der Waals surface area (Å²) in [4.78, 5) is 3.92. The van der Waals surface area contributed by atoms with E-state index < -0.39 is 52.1 Å². The first kappa shape index (κ1) is 21.6. The van der Waals surface area contributed by atoms with Crippen LogP contribution in [0.5, 0.6) is 0 Å². The van der Waals surface area contributed by atoms with E-state index in [1.807, 2.05) is 13.8 Å². The number of aliphatic hydroxyl groups excluding tert-OH is 4. The lowest BCUT2D eigenvalue weighted by Crippen LogP contribution is -2.57. The standard InChI is InChI=1S/C12H23NO9S2/c1-3-6(2)4-13-12(22-24(18,19)20)23-11-10(17)9(16)8(15)7(5-14)21-11/h6-11,14-17H,3-5H2,1-2H3,(H,18,19,20). The van der Waals surface area contributed by atoms with Crippen molar-refractivity contribution >= 4 is 27.4 Å². The first-order chi connectivity index (χ1) is 11.1. The molecule has 0 aromatic heterocycles. The van der Waals surface area contributed by atoms with Crippen LogP contribution < -0.4 is 0 Å². The SMILES string of the molecule is CCC(C)CN=C(OS(=O)(=O)O)SC1OC(CO)C(O)C(O)C1O. The molecule has 1 heterocycles. The van der Waals surface area contributed by atoms with Gasteiger partial charge in [0, 0.05) is 6.54 Å². The van der Waals surface area contributed by atoms with Crippen molar-refractivity contribution in [3.8, 4) is 0 Å². The molecule has 1 saturated heterocycles. The predicted molar refractivity (Wildman–Crippen MR) is 85.7 cm³/mol. The van der Waals surface area contributed by atoms with Crippen LogP contribution in [0.2, 0.25) is 0 Å². The van der Waals surface area contributed by atoms with Gasteiger partial charge in [-0.05, 0) is 17.7 Å². The van der Waals surface area contributed by atoms with E-state index in [9.17, 15) is 23.7 Å². The number of ether oxygens (including phenoxy) is 1. The van der Waals surface area contributed by atoms with Crippen LogP contribution in [0.15, 0.2) is 4.99 Å². The Bertz CT molecular complexity index is 525. The Morgan fingerprint density at radius 3 is 2.42 bits per heavy atom. The summed E-state index contributed by atoms with van der Waals surface area (Å²) in [6, 6.07) is 0. The molecule has 0 spiro atoms. The van der Waals surface area contributed by atoms with Crippen LogP contribution in [0.1, 0.15) is 20.3 Å². The zero-order chi connectivity index (χ0) is 18.5. The molecule has 1 rings (SSSR count). The summed E-state index contributed by atoms with van der Waals surface area (Å²) in [6.45, 7) is 3.35. The molecule has 24 heavy (non-hydrogen) atoms. The van der Waals surface area contributed by atoms with E-state index in [1.165, 1.54) is 0 Å². The molecule has 0 radical (unpaired) electrons. The van der Waals surface area contributed by atoms with Gasteiger partial charge in [-0.15, -0.1) is 0 Å². The van der Waals surface area contributed by atoms with E-state index in [-0.39, 0.29) is 12.5 Å². The summed E-state index contributed by atoms with van der Waals surface area (Å²) in [5, 5.41) is 38.0. The molecular formula is C12H23NO9S2. The first-order valence-corrected chi connectivity index (χ1v) is 9.52. The Balaban J connectivity index is 2.91. The number of rotatable bonds is 6. The van der Waals surface area contributed by atoms with E-state index in [0.717, 1.165) is 6.42 Å². The lowest BCUT2D eigenvalue weighted by Gasteiger charge is -2.39. The fourth-order valence-electron chi connectivity index (χ4n) is 1.80. The van der Waals surface area contributed by atoms with E-state index >= 15 is 0 Å². The summed E-state index contributed by atoms with van der Waals surface area (Å²) in [5.74, 6) is 0.111. The third kappa shape index (κ3) is 6.44. The lowest BCUT2D eigenvalue weighted by molar-refractivity contribution is -0.205. The highest BCUT2D eigenvalue weighted by atomic mass is 32.3. The first-order valence-electron chi connectivity index (χ1n) is 7.27. The van der Waals surface area contributed by atoms with Crippen molar-refractivity contribution in [2.75, 3.05) is 13.2 Å². The summed E-state index contributed by atoms with van der Waals surface area (Å²) >= 11 is 0.512. The maximum atomic E-state index is 10.9. The van der Waals surface area contributed by atoms with Crippen molar-refractivity contribution in [2.45, 2.75) is 50.1 Å². The molecule has 142 valence electrons. The lowest BCUT2D eigenvalue weighted by atomic mass is 10.0. The zero-order valence-electron chi connectivity index (χ0n) is 13.2. The Morgan fingerprint density at radius 2 is 1.92 bits per heavy atom. The van der Waals surface area contributed by atoms with Crippen molar-refractivity contribution in [2.24, 2.45) is 10.9 Å². The van der Waals surface area contributed by atoms with Crippen molar-refractivity contribution < 1.29 is 42.3 Å². The Labute approximate surface area is 144 Å². The number of hydrogen-bond donors (Lipinski definition) is 5. The van der Waals surface area contributed by atoms with Crippen molar-refractivity contribution in [1.29, 1.82) is 0 Å². The fraction of sp³-hybridized carbons (Fsp3) is 0.917. The number of nitrogens with zero attached hydrogens (tertiary/aromatic N) is 1. The largest absolute Gasteiger partial charge is 0.448 e. The molecule has 0 aromatic carbocycles. The molecule has 10 nitrogen and oxygen atoms in total. The second kappa shape index (κ2) is 9.29. The van der Waals surface area contributed by atoms with Gasteiger partial charge in [-0.2, -0.15) is 8.42 Å². The normalized spacial score (nSPS) is 33.3. The maximum Gasteiger partial charge on any atom is 0.448 e. The molecule has 6 atom stereocenters. The van der Waals surface area contributed by atoms with Gasteiger partial charge in [0.15, 0.2) is 0 Å². The van der Waals surface area contributed by atoms with E-state index in [2.05, 4.69) is 9.18 Å². The Morgan fingerprint density at radius 1 is 1.29 bits per heavy atom. The molecule has 0 amide bonds. The minimum Gasteiger partial charge on any atom is -0.394 e. The van der Waals surface area contributed by atoms with Crippen LogP contribution in [0.4, 0.5) is 0 Å². The summed E-state index contributed by atoms with van der Waals surface area (Å²) in [5.41, 5.74) is -1.27. The number of hydrogen-bond acceptors (Lipinski definition) is 10. The molecule has 0 aromatic rings. The van der Waals surface area contributed by atoms with E-state index in [0.29, 0.717) is 11.8 Å². The molecule has 0 bridgehead atoms. The average Bonchev–Trinajstić information content (AvgIpc) is 2.51. The van der Waals surface area contributed by atoms with Crippen molar-refractivity contribution in [1.82, 2.24) is 0 Å².